The predicted molar refractivity (Wildman–Crippen MR) is 64.0 cm³/mol. The summed E-state index contributed by atoms with van der Waals surface area (Å²) in [6, 6.07) is 2.75. The maximum atomic E-state index is 10.8. The van der Waals surface area contributed by atoms with Crippen LogP contribution in [-0.4, -0.2) is 23.1 Å². The Balaban J connectivity index is 3.33. The highest BCUT2D eigenvalue weighted by atomic mass is 79.9. The highest BCUT2D eigenvalue weighted by Crippen LogP contribution is 2.33. The number of ether oxygens (including phenoxy) is 1. The molecule has 0 fully saturated rings. The number of nitro groups is 1. The van der Waals surface area contributed by atoms with E-state index in [1.807, 2.05) is 0 Å². The lowest BCUT2D eigenvalue weighted by atomic mass is 10.1. The first-order chi connectivity index (χ1) is 7.95. The smallest absolute Gasteiger partial charge is 0.328 e. The van der Waals surface area contributed by atoms with Gasteiger partial charge in [-0.05, 0) is 33.6 Å². The van der Waals surface area contributed by atoms with E-state index in [4.69, 9.17) is 9.84 Å². The number of carbonyl (C=O) groups is 1. The fourth-order valence-electron chi connectivity index (χ4n) is 1.14. The van der Waals surface area contributed by atoms with Gasteiger partial charge in [-0.1, -0.05) is 0 Å². The zero-order chi connectivity index (χ0) is 13.0. The minimum absolute atomic E-state index is 0.186. The summed E-state index contributed by atoms with van der Waals surface area (Å²) in [6.07, 6.45) is 2.14. The quantitative estimate of drug-likeness (QED) is 0.524. The molecule has 0 atom stereocenters. The Morgan fingerprint density at radius 3 is 2.71 bits per heavy atom. The van der Waals surface area contributed by atoms with Crippen molar-refractivity contribution in [1.82, 2.24) is 0 Å². The van der Waals surface area contributed by atoms with Crippen LogP contribution in [0.15, 0.2) is 22.7 Å². The number of rotatable bonds is 4. The van der Waals surface area contributed by atoms with E-state index in [9.17, 15) is 14.9 Å². The molecule has 0 amide bonds. The van der Waals surface area contributed by atoms with Crippen LogP contribution in [0.5, 0.6) is 5.75 Å². The van der Waals surface area contributed by atoms with E-state index >= 15 is 0 Å². The van der Waals surface area contributed by atoms with Gasteiger partial charge in [0.25, 0.3) is 5.69 Å². The van der Waals surface area contributed by atoms with Crippen LogP contribution in [0.4, 0.5) is 5.69 Å². The molecule has 1 aromatic rings. The Morgan fingerprint density at radius 2 is 2.24 bits per heavy atom. The lowest BCUT2D eigenvalue weighted by Crippen LogP contribution is -1.94. The fraction of sp³-hybridized carbons (Fsp3) is 0.100. The maximum absolute atomic E-state index is 10.8. The van der Waals surface area contributed by atoms with Crippen molar-refractivity contribution in [3.05, 3.63) is 38.4 Å². The van der Waals surface area contributed by atoms with Crippen LogP contribution in [0, 0.1) is 10.1 Å². The summed E-state index contributed by atoms with van der Waals surface area (Å²) in [6.45, 7) is 0. The Morgan fingerprint density at radius 1 is 1.59 bits per heavy atom. The molecule has 0 aliphatic carbocycles. The van der Waals surface area contributed by atoms with Crippen molar-refractivity contribution in [3.8, 4) is 5.75 Å². The van der Waals surface area contributed by atoms with Gasteiger partial charge in [-0.3, -0.25) is 10.1 Å². The molecule has 0 saturated heterocycles. The third-order valence-corrected chi connectivity index (χ3v) is 2.76. The number of methoxy groups -OCH3 is 1. The van der Waals surface area contributed by atoms with E-state index in [2.05, 4.69) is 15.9 Å². The van der Waals surface area contributed by atoms with Gasteiger partial charge >= 0.3 is 5.97 Å². The molecule has 7 heteroatoms. The first-order valence-corrected chi connectivity index (χ1v) is 5.18. The van der Waals surface area contributed by atoms with Gasteiger partial charge in [-0.15, -0.1) is 0 Å². The molecule has 1 N–H and O–H groups in total. The van der Waals surface area contributed by atoms with Crippen molar-refractivity contribution < 1.29 is 19.6 Å². The predicted octanol–water partition coefficient (Wildman–Crippen LogP) is 2.46. The lowest BCUT2D eigenvalue weighted by molar-refractivity contribution is -0.385. The molecule has 0 unspecified atom stereocenters. The number of hydrogen-bond donors (Lipinski definition) is 1. The van der Waals surface area contributed by atoms with E-state index in [-0.39, 0.29) is 15.9 Å². The second-order valence-corrected chi connectivity index (χ2v) is 3.77. The number of benzene rings is 1. The maximum Gasteiger partial charge on any atom is 0.328 e. The van der Waals surface area contributed by atoms with Crippen molar-refractivity contribution in [3.63, 3.8) is 0 Å². The van der Waals surface area contributed by atoms with Crippen molar-refractivity contribution in [2.24, 2.45) is 0 Å². The summed E-state index contributed by atoms with van der Waals surface area (Å²) >= 11 is 3.05. The topological polar surface area (TPSA) is 89.7 Å². The van der Waals surface area contributed by atoms with E-state index in [0.29, 0.717) is 5.56 Å². The molecule has 17 heavy (non-hydrogen) atoms. The monoisotopic (exact) mass is 301 g/mol. The number of nitro benzene ring substituents is 1. The molecule has 0 bridgehead atoms. The van der Waals surface area contributed by atoms with Crippen molar-refractivity contribution in [2.75, 3.05) is 7.11 Å². The van der Waals surface area contributed by atoms with E-state index < -0.39 is 10.9 Å². The minimum atomic E-state index is -1.14. The van der Waals surface area contributed by atoms with Crippen LogP contribution in [-0.2, 0) is 4.79 Å². The van der Waals surface area contributed by atoms with Gasteiger partial charge in [0.05, 0.1) is 18.1 Å². The lowest BCUT2D eigenvalue weighted by Gasteiger charge is -2.04. The molecular weight excluding hydrogens is 294 g/mol. The zero-order valence-corrected chi connectivity index (χ0v) is 10.3. The van der Waals surface area contributed by atoms with Crippen molar-refractivity contribution >= 4 is 33.7 Å². The van der Waals surface area contributed by atoms with Gasteiger partial charge in [0.2, 0.25) is 0 Å². The number of carboxylic acid groups (broad SMARTS) is 1. The summed E-state index contributed by atoms with van der Waals surface area (Å²) in [5.41, 5.74) is 0.174. The summed E-state index contributed by atoms with van der Waals surface area (Å²) in [5, 5.41) is 19.3. The molecular formula is C10H8BrNO5. The standard InChI is InChI=1S/C10H8BrNO5/c1-17-7-4-6(2-3-9(13)14)10(11)8(5-7)12(15)16/h2-5H,1H3,(H,13,14)/b3-2+. The molecule has 1 rings (SSSR count). The SMILES string of the molecule is COc1cc(/C=C/C(=O)O)c(Br)c([N+](=O)[O-])c1. The molecule has 0 radical (unpaired) electrons. The minimum Gasteiger partial charge on any atom is -0.496 e. The highest BCUT2D eigenvalue weighted by Gasteiger charge is 2.16. The zero-order valence-electron chi connectivity index (χ0n) is 8.71. The molecule has 0 aliphatic heterocycles. The van der Waals surface area contributed by atoms with Gasteiger partial charge in [-0.25, -0.2) is 4.79 Å². The van der Waals surface area contributed by atoms with E-state index in [1.165, 1.54) is 25.3 Å². The van der Waals surface area contributed by atoms with Gasteiger partial charge in [0.15, 0.2) is 0 Å². The first kappa shape index (κ1) is 13.2. The molecule has 0 aromatic heterocycles. The van der Waals surface area contributed by atoms with E-state index in [1.54, 1.807) is 0 Å². The summed E-state index contributed by atoms with van der Waals surface area (Å²) in [7, 11) is 1.37. The van der Waals surface area contributed by atoms with Crippen LogP contribution < -0.4 is 4.74 Å². The summed E-state index contributed by atoms with van der Waals surface area (Å²) in [4.78, 5) is 20.6. The molecule has 0 aliphatic rings. The van der Waals surface area contributed by atoms with Crippen LogP contribution in [0.3, 0.4) is 0 Å². The molecule has 0 heterocycles. The highest BCUT2D eigenvalue weighted by molar-refractivity contribution is 9.10. The number of nitrogens with zero attached hydrogens (tertiary/aromatic N) is 1. The Kier molecular flexibility index (Phi) is 4.22. The van der Waals surface area contributed by atoms with Gasteiger partial charge in [0, 0.05) is 6.08 Å². The Labute approximate surface area is 105 Å². The number of hydrogen-bond acceptors (Lipinski definition) is 4. The summed E-state index contributed by atoms with van der Waals surface area (Å²) in [5.74, 6) is -0.854. The second-order valence-electron chi connectivity index (χ2n) is 2.98. The van der Waals surface area contributed by atoms with Gasteiger partial charge in [-0.2, -0.15) is 0 Å². The number of carboxylic acids is 1. The van der Waals surface area contributed by atoms with Crippen molar-refractivity contribution in [2.45, 2.75) is 0 Å². The second kappa shape index (κ2) is 5.44. The van der Waals surface area contributed by atoms with Crippen LogP contribution >= 0.6 is 15.9 Å². The number of halogens is 1. The Bertz CT molecular complexity index is 498. The molecule has 90 valence electrons. The Hall–Kier alpha value is -1.89. The third kappa shape index (κ3) is 3.28. The third-order valence-electron chi connectivity index (χ3n) is 1.89. The molecule has 0 saturated carbocycles. The first-order valence-electron chi connectivity index (χ1n) is 4.38. The van der Waals surface area contributed by atoms with E-state index in [0.717, 1.165) is 6.08 Å². The van der Waals surface area contributed by atoms with Crippen LogP contribution in [0.1, 0.15) is 5.56 Å². The largest absolute Gasteiger partial charge is 0.496 e. The normalized spacial score (nSPS) is 10.5. The molecule has 0 spiro atoms. The van der Waals surface area contributed by atoms with Crippen molar-refractivity contribution in [1.29, 1.82) is 0 Å². The van der Waals surface area contributed by atoms with Crippen LogP contribution in [0.2, 0.25) is 0 Å². The fourth-order valence-corrected chi connectivity index (χ4v) is 1.64. The van der Waals surface area contributed by atoms with Crippen LogP contribution in [0.25, 0.3) is 6.08 Å². The van der Waals surface area contributed by atoms with Gasteiger partial charge < -0.3 is 9.84 Å². The number of aliphatic carboxylic acids is 1. The average molecular weight is 302 g/mol. The van der Waals surface area contributed by atoms with Gasteiger partial charge in [0.1, 0.15) is 10.2 Å². The average Bonchev–Trinajstić information content (AvgIpc) is 2.27. The summed E-state index contributed by atoms with van der Waals surface area (Å²) < 4.78 is 5.11. The molecule has 6 nitrogen and oxygen atoms in total. The molecule has 1 aromatic carbocycles.